The maximum absolute atomic E-state index is 12.6. The van der Waals surface area contributed by atoms with Crippen LogP contribution >= 0.6 is 0 Å². The van der Waals surface area contributed by atoms with Gasteiger partial charge in [-0.1, -0.05) is 72.8 Å². The van der Waals surface area contributed by atoms with Crippen LogP contribution in [-0.4, -0.2) is 25.9 Å². The molecular formula is C40H26O8S2. The Labute approximate surface area is 286 Å². The van der Waals surface area contributed by atoms with Crippen molar-refractivity contribution < 1.29 is 34.3 Å². The maximum atomic E-state index is 12.6. The summed E-state index contributed by atoms with van der Waals surface area (Å²) in [6.07, 6.45) is 1.07. The average molecular weight is 699 g/mol. The molecule has 7 aromatic rings. The van der Waals surface area contributed by atoms with Crippen molar-refractivity contribution >= 4 is 63.9 Å². The predicted octanol–water partition coefficient (Wildman–Crippen LogP) is 8.62. The minimum absolute atomic E-state index is 0.0358. The fourth-order valence-electron chi connectivity index (χ4n) is 9.89. The molecule has 0 unspecified atom stereocenters. The van der Waals surface area contributed by atoms with Crippen molar-refractivity contribution in [1.29, 1.82) is 0 Å². The Kier molecular flexibility index (Phi) is 5.42. The second kappa shape index (κ2) is 9.41. The molecule has 0 heterocycles. The van der Waals surface area contributed by atoms with Gasteiger partial charge >= 0.3 is 20.8 Å². The van der Waals surface area contributed by atoms with E-state index in [4.69, 9.17) is 8.37 Å². The molecule has 0 aromatic heterocycles. The molecule has 10 heteroatoms. The number of fused-ring (bicyclic) bond motifs is 20. The highest BCUT2D eigenvalue weighted by Gasteiger charge is 2.54. The van der Waals surface area contributed by atoms with Crippen molar-refractivity contribution in [3.8, 4) is 11.5 Å². The first kappa shape index (κ1) is 28.8. The molecule has 0 saturated carbocycles. The van der Waals surface area contributed by atoms with Crippen LogP contribution in [0.3, 0.4) is 0 Å². The Hall–Kier alpha value is -5.00. The lowest BCUT2D eigenvalue weighted by atomic mass is 9.76. The van der Waals surface area contributed by atoms with Crippen molar-refractivity contribution in [3.63, 3.8) is 0 Å². The van der Waals surface area contributed by atoms with Crippen molar-refractivity contribution in [3.05, 3.63) is 142 Å². The number of benzene rings is 7. The van der Waals surface area contributed by atoms with Gasteiger partial charge in [-0.25, -0.2) is 0 Å². The van der Waals surface area contributed by atoms with E-state index in [0.717, 1.165) is 65.3 Å². The third-order valence-corrected chi connectivity index (χ3v) is 12.3. The van der Waals surface area contributed by atoms with Crippen molar-refractivity contribution in [2.75, 3.05) is 0 Å². The summed E-state index contributed by atoms with van der Waals surface area (Å²) in [5.41, 5.74) is 5.90. The Balaban J connectivity index is 1.18. The van der Waals surface area contributed by atoms with E-state index in [-0.39, 0.29) is 35.2 Å². The molecule has 2 N–H and O–H groups in total. The Morgan fingerprint density at radius 3 is 0.920 bits per heavy atom. The van der Waals surface area contributed by atoms with E-state index >= 15 is 0 Å². The molecule has 0 aliphatic heterocycles. The van der Waals surface area contributed by atoms with Crippen molar-refractivity contribution in [2.24, 2.45) is 0 Å². The van der Waals surface area contributed by atoms with E-state index in [1.807, 2.05) is 24.3 Å². The maximum Gasteiger partial charge on any atom is 0.446 e. The van der Waals surface area contributed by atoms with Gasteiger partial charge in [0.1, 0.15) is 0 Å². The van der Waals surface area contributed by atoms with E-state index < -0.39 is 20.8 Å². The number of hydrogen-bond acceptors (Lipinski definition) is 6. The van der Waals surface area contributed by atoms with E-state index in [2.05, 4.69) is 72.8 Å². The second-order valence-corrected chi connectivity index (χ2v) is 16.1. The lowest BCUT2D eigenvalue weighted by molar-refractivity contribution is 0.375. The molecule has 4 aliphatic rings. The summed E-state index contributed by atoms with van der Waals surface area (Å²) in [5.74, 6) is -1.34. The summed E-state index contributed by atoms with van der Waals surface area (Å²) in [7, 11) is -9.97. The fraction of sp³-hybridized carbons (Fsp3) is 0.150. The molecule has 11 rings (SSSR count). The Morgan fingerprint density at radius 1 is 0.420 bits per heavy atom. The molecular weight excluding hydrogens is 673 g/mol. The van der Waals surface area contributed by atoms with Gasteiger partial charge in [0.2, 0.25) is 0 Å². The molecule has 0 spiro atoms. The third-order valence-electron chi connectivity index (χ3n) is 11.6. The van der Waals surface area contributed by atoms with Gasteiger partial charge in [-0.05, 0) is 102 Å². The van der Waals surface area contributed by atoms with Gasteiger partial charge in [0.05, 0.1) is 0 Å². The van der Waals surface area contributed by atoms with Crippen LogP contribution in [0.1, 0.15) is 81.0 Å². The van der Waals surface area contributed by atoms with Gasteiger partial charge < -0.3 is 8.37 Å². The summed E-state index contributed by atoms with van der Waals surface area (Å²) in [4.78, 5) is 0. The van der Waals surface area contributed by atoms with Gasteiger partial charge in [-0.2, -0.15) is 16.8 Å². The largest absolute Gasteiger partial charge is 0.446 e. The van der Waals surface area contributed by atoms with E-state index in [1.165, 1.54) is 0 Å². The standard InChI is InChI=1S/C40H26O8S2/c41-49(42,43)47-39-35-31-17-32(28-14-24-10-20-6-2-1-5-19(20)9-23(24)13-27(28)31)36(35)40(48-50(44,45)46)38-34-18-33(37(38)39)29-15-25-11-21-7-3-4-8-22(21)12-26(25)16-30(29)34/h1-16,31-34H,17-18H2,(H,41,42,43)(H,44,45,46)/t31-,32+,33-,34+. The minimum Gasteiger partial charge on any atom is -0.361 e. The van der Waals surface area contributed by atoms with E-state index in [1.54, 1.807) is 0 Å². The molecule has 4 aliphatic carbocycles. The van der Waals surface area contributed by atoms with E-state index in [9.17, 15) is 25.9 Å². The molecule has 8 nitrogen and oxygen atoms in total. The normalized spacial score (nSPS) is 21.2. The summed E-state index contributed by atoms with van der Waals surface area (Å²) in [6.45, 7) is 0. The second-order valence-electron chi connectivity index (χ2n) is 14.1. The summed E-state index contributed by atoms with van der Waals surface area (Å²) >= 11 is 0. The molecule has 4 atom stereocenters. The number of hydrogen-bond donors (Lipinski definition) is 2. The van der Waals surface area contributed by atoms with Crippen LogP contribution in [0.25, 0.3) is 43.1 Å². The van der Waals surface area contributed by atoms with Crippen LogP contribution in [0.5, 0.6) is 11.5 Å². The molecule has 0 amide bonds. The van der Waals surface area contributed by atoms with Crippen LogP contribution < -0.4 is 8.37 Å². The summed E-state index contributed by atoms with van der Waals surface area (Å²) in [5, 5.41) is 8.47. The van der Waals surface area contributed by atoms with Crippen LogP contribution in [0, 0.1) is 0 Å². The molecule has 4 bridgehead atoms. The molecule has 246 valence electrons. The first-order chi connectivity index (χ1) is 24.0. The first-order valence-electron chi connectivity index (χ1n) is 16.5. The predicted molar refractivity (Wildman–Crippen MR) is 190 cm³/mol. The lowest BCUT2D eigenvalue weighted by Crippen LogP contribution is -2.19. The van der Waals surface area contributed by atoms with Crippen molar-refractivity contribution in [2.45, 2.75) is 36.5 Å². The summed E-state index contributed by atoms with van der Waals surface area (Å²) < 4.78 is 81.8. The number of rotatable bonds is 4. The highest BCUT2D eigenvalue weighted by molar-refractivity contribution is 7.81. The first-order valence-corrected chi connectivity index (χ1v) is 19.2. The van der Waals surface area contributed by atoms with E-state index in [0.29, 0.717) is 35.1 Å². The zero-order valence-electron chi connectivity index (χ0n) is 26.1. The zero-order valence-corrected chi connectivity index (χ0v) is 27.8. The van der Waals surface area contributed by atoms with Crippen LogP contribution in [0.4, 0.5) is 0 Å². The smallest absolute Gasteiger partial charge is 0.361 e. The molecule has 7 aromatic carbocycles. The SMILES string of the molecule is O=S(=O)(O)Oc1c2c(c(OS(=O)(=O)O)c3c1[C@@H]1C[C@H]3c3cc4cc5ccccc5cc4cc31)[C@H]1C[C@@H]2c2cc3cc4ccccc4cc3cc21. The highest BCUT2D eigenvalue weighted by Crippen LogP contribution is 2.70. The average Bonchev–Trinajstić information content (AvgIpc) is 3.83. The molecule has 0 fully saturated rings. The zero-order chi connectivity index (χ0) is 33.8. The Bertz CT molecular complexity index is 2610. The third kappa shape index (κ3) is 3.93. The highest BCUT2D eigenvalue weighted by atomic mass is 32.3. The van der Waals surface area contributed by atoms with Gasteiger partial charge in [-0.3, -0.25) is 9.11 Å². The lowest BCUT2D eigenvalue weighted by Gasteiger charge is -2.30. The van der Waals surface area contributed by atoms with Gasteiger partial charge in [0.25, 0.3) is 0 Å². The fourth-order valence-corrected chi connectivity index (χ4v) is 10.7. The van der Waals surface area contributed by atoms with Gasteiger partial charge in [0.15, 0.2) is 11.5 Å². The minimum atomic E-state index is -4.98. The van der Waals surface area contributed by atoms with Crippen molar-refractivity contribution in [1.82, 2.24) is 0 Å². The molecule has 0 radical (unpaired) electrons. The van der Waals surface area contributed by atoms with Crippen LogP contribution in [0.2, 0.25) is 0 Å². The Morgan fingerprint density at radius 2 is 0.680 bits per heavy atom. The van der Waals surface area contributed by atoms with Gasteiger partial charge in [-0.15, -0.1) is 0 Å². The topological polar surface area (TPSA) is 127 Å². The molecule has 50 heavy (non-hydrogen) atoms. The van der Waals surface area contributed by atoms with Crippen LogP contribution in [0.15, 0.2) is 97.1 Å². The van der Waals surface area contributed by atoms with Gasteiger partial charge in [0, 0.05) is 45.9 Å². The quantitative estimate of drug-likeness (QED) is 0.138. The summed E-state index contributed by atoms with van der Waals surface area (Å²) in [6, 6.07) is 33.2. The monoisotopic (exact) mass is 698 g/mol. The van der Waals surface area contributed by atoms with Crippen LogP contribution in [-0.2, 0) is 20.8 Å². The molecule has 0 saturated heterocycles.